The molecule has 3 heterocycles. The van der Waals surface area contributed by atoms with Gasteiger partial charge in [0.05, 0.1) is 10.1 Å². The number of thiophene rings is 1. The predicted octanol–water partition coefficient (Wildman–Crippen LogP) is 5.08. The molecule has 3 aromatic rings. The molecule has 1 aliphatic rings. The van der Waals surface area contributed by atoms with Gasteiger partial charge < -0.3 is 8.83 Å². The SMILES string of the molecule is CC(Sc1nnc(C2CCCCC2)o1)c1nnc(-c2cccs2)o1. The first-order chi connectivity index (χ1) is 11.8. The number of hydrogen-bond acceptors (Lipinski definition) is 8. The average Bonchev–Trinajstić information content (AvgIpc) is 3.36. The lowest BCUT2D eigenvalue weighted by Gasteiger charge is -2.17. The summed E-state index contributed by atoms with van der Waals surface area (Å²) in [7, 11) is 0. The highest BCUT2D eigenvalue weighted by molar-refractivity contribution is 7.99. The summed E-state index contributed by atoms with van der Waals surface area (Å²) in [5, 5.41) is 19.2. The van der Waals surface area contributed by atoms with E-state index in [-0.39, 0.29) is 5.25 Å². The van der Waals surface area contributed by atoms with Crippen LogP contribution in [0.5, 0.6) is 0 Å². The van der Waals surface area contributed by atoms with E-state index in [4.69, 9.17) is 8.83 Å². The molecule has 0 N–H and O–H groups in total. The second-order valence-corrected chi connectivity index (χ2v) is 8.16. The Bertz CT molecular complexity index is 778. The van der Waals surface area contributed by atoms with Crippen LogP contribution in [0.2, 0.25) is 0 Å². The molecule has 1 fully saturated rings. The molecule has 126 valence electrons. The summed E-state index contributed by atoms with van der Waals surface area (Å²) in [4.78, 5) is 0.975. The molecule has 1 unspecified atom stereocenters. The van der Waals surface area contributed by atoms with Gasteiger partial charge in [-0.05, 0) is 31.2 Å². The fourth-order valence-electron chi connectivity index (χ4n) is 2.88. The van der Waals surface area contributed by atoms with Gasteiger partial charge in [0.1, 0.15) is 0 Å². The molecular formula is C16H18N4O2S2. The molecule has 0 aromatic carbocycles. The van der Waals surface area contributed by atoms with Crippen molar-refractivity contribution in [1.82, 2.24) is 20.4 Å². The van der Waals surface area contributed by atoms with E-state index in [0.29, 0.717) is 22.9 Å². The summed E-state index contributed by atoms with van der Waals surface area (Å²) in [5.41, 5.74) is 0. The van der Waals surface area contributed by atoms with Crippen molar-refractivity contribution in [3.05, 3.63) is 29.3 Å². The van der Waals surface area contributed by atoms with Crippen molar-refractivity contribution in [3.8, 4) is 10.8 Å². The van der Waals surface area contributed by atoms with Crippen molar-refractivity contribution in [1.29, 1.82) is 0 Å². The molecule has 0 amide bonds. The second-order valence-electron chi connectivity index (χ2n) is 5.92. The monoisotopic (exact) mass is 362 g/mol. The number of rotatable bonds is 5. The van der Waals surface area contributed by atoms with Crippen molar-refractivity contribution >= 4 is 23.1 Å². The number of nitrogens with zero attached hydrogens (tertiary/aromatic N) is 4. The Morgan fingerprint density at radius 2 is 2.00 bits per heavy atom. The van der Waals surface area contributed by atoms with E-state index in [1.54, 1.807) is 11.3 Å². The van der Waals surface area contributed by atoms with Crippen molar-refractivity contribution in [2.75, 3.05) is 0 Å². The molecular weight excluding hydrogens is 344 g/mol. The minimum Gasteiger partial charge on any atom is -0.419 e. The largest absolute Gasteiger partial charge is 0.419 e. The molecule has 0 aliphatic heterocycles. The zero-order chi connectivity index (χ0) is 16.4. The zero-order valence-electron chi connectivity index (χ0n) is 13.3. The van der Waals surface area contributed by atoms with Gasteiger partial charge in [-0.1, -0.05) is 37.1 Å². The summed E-state index contributed by atoms with van der Waals surface area (Å²) in [6, 6.07) is 3.93. The maximum atomic E-state index is 5.85. The maximum absolute atomic E-state index is 5.85. The number of thioether (sulfide) groups is 1. The molecule has 1 saturated carbocycles. The first-order valence-electron chi connectivity index (χ1n) is 8.17. The molecule has 24 heavy (non-hydrogen) atoms. The molecule has 1 aliphatic carbocycles. The molecule has 0 radical (unpaired) electrons. The lowest BCUT2D eigenvalue weighted by atomic mass is 9.89. The quantitative estimate of drug-likeness (QED) is 0.585. The van der Waals surface area contributed by atoms with Gasteiger partial charge in [0.15, 0.2) is 0 Å². The lowest BCUT2D eigenvalue weighted by Crippen LogP contribution is -2.04. The highest BCUT2D eigenvalue weighted by Crippen LogP contribution is 2.37. The normalized spacial score (nSPS) is 17.2. The van der Waals surface area contributed by atoms with E-state index in [1.165, 1.54) is 31.0 Å². The van der Waals surface area contributed by atoms with Crippen LogP contribution in [0.3, 0.4) is 0 Å². The molecule has 8 heteroatoms. The summed E-state index contributed by atoms with van der Waals surface area (Å²) >= 11 is 3.04. The van der Waals surface area contributed by atoms with Crippen LogP contribution in [0, 0.1) is 0 Å². The third-order valence-corrected chi connectivity index (χ3v) is 5.95. The van der Waals surface area contributed by atoms with Crippen molar-refractivity contribution < 1.29 is 8.83 Å². The molecule has 6 nitrogen and oxygen atoms in total. The molecule has 1 atom stereocenters. The average molecular weight is 362 g/mol. The van der Waals surface area contributed by atoms with E-state index >= 15 is 0 Å². The molecule has 0 bridgehead atoms. The van der Waals surface area contributed by atoms with Crippen LogP contribution in [0.15, 0.2) is 31.6 Å². The van der Waals surface area contributed by atoms with Gasteiger partial charge >= 0.3 is 0 Å². The van der Waals surface area contributed by atoms with Crippen LogP contribution < -0.4 is 0 Å². The van der Waals surface area contributed by atoms with Crippen molar-refractivity contribution in [2.24, 2.45) is 0 Å². The van der Waals surface area contributed by atoms with Crippen LogP contribution in [0.25, 0.3) is 10.8 Å². The second kappa shape index (κ2) is 7.06. The minimum absolute atomic E-state index is 0.0362. The van der Waals surface area contributed by atoms with Crippen LogP contribution in [0.4, 0.5) is 0 Å². The van der Waals surface area contributed by atoms with Gasteiger partial charge in [0.25, 0.3) is 11.1 Å². The number of hydrogen-bond donors (Lipinski definition) is 0. The summed E-state index contributed by atoms with van der Waals surface area (Å²) in [6.45, 7) is 2.00. The van der Waals surface area contributed by atoms with Gasteiger partial charge in [0.2, 0.25) is 11.8 Å². The Labute approximate surface area is 148 Å². The first-order valence-corrected chi connectivity index (χ1v) is 9.93. The fourth-order valence-corrected chi connectivity index (χ4v) is 4.25. The molecule has 3 aromatic heterocycles. The predicted molar refractivity (Wildman–Crippen MR) is 92.0 cm³/mol. The zero-order valence-corrected chi connectivity index (χ0v) is 15.0. The summed E-state index contributed by atoms with van der Waals surface area (Å²) in [6.07, 6.45) is 6.11. The minimum atomic E-state index is -0.0362. The van der Waals surface area contributed by atoms with Crippen LogP contribution in [-0.2, 0) is 0 Å². The van der Waals surface area contributed by atoms with Crippen molar-refractivity contribution in [3.63, 3.8) is 0 Å². The van der Waals surface area contributed by atoms with E-state index in [9.17, 15) is 0 Å². The van der Waals surface area contributed by atoms with Gasteiger partial charge in [0, 0.05) is 5.92 Å². The lowest BCUT2D eigenvalue weighted by molar-refractivity contribution is 0.334. The number of aromatic nitrogens is 4. The highest BCUT2D eigenvalue weighted by Gasteiger charge is 2.23. The Morgan fingerprint density at radius 3 is 2.79 bits per heavy atom. The topological polar surface area (TPSA) is 77.8 Å². The molecule has 0 saturated heterocycles. The standard InChI is InChI=1S/C16H18N4O2S2/c1-10(13-17-19-15(21-13)12-8-5-9-23-12)24-16-20-18-14(22-16)11-6-3-2-4-7-11/h5,8-11H,2-4,6-7H2,1H3. The highest BCUT2D eigenvalue weighted by atomic mass is 32.2. The van der Waals surface area contributed by atoms with E-state index in [1.807, 2.05) is 24.4 Å². The van der Waals surface area contributed by atoms with Gasteiger partial charge in [-0.3, -0.25) is 0 Å². The van der Waals surface area contributed by atoms with Gasteiger partial charge in [-0.25, -0.2) is 0 Å². The summed E-state index contributed by atoms with van der Waals surface area (Å²) in [5.74, 6) is 2.32. The third kappa shape index (κ3) is 3.39. The Morgan fingerprint density at radius 1 is 1.12 bits per heavy atom. The van der Waals surface area contributed by atoms with Crippen LogP contribution in [-0.4, -0.2) is 20.4 Å². The van der Waals surface area contributed by atoms with E-state index in [2.05, 4.69) is 20.4 Å². The van der Waals surface area contributed by atoms with E-state index in [0.717, 1.165) is 23.6 Å². The molecule has 0 spiro atoms. The Kier molecular flexibility index (Phi) is 4.66. The Balaban J connectivity index is 1.42. The fraction of sp³-hybridized carbons (Fsp3) is 0.500. The summed E-state index contributed by atoms with van der Waals surface area (Å²) < 4.78 is 11.6. The first kappa shape index (κ1) is 15.8. The van der Waals surface area contributed by atoms with Gasteiger partial charge in [-0.15, -0.1) is 31.7 Å². The smallest absolute Gasteiger partial charge is 0.277 e. The van der Waals surface area contributed by atoms with Crippen LogP contribution in [0.1, 0.15) is 62.0 Å². The van der Waals surface area contributed by atoms with E-state index < -0.39 is 0 Å². The van der Waals surface area contributed by atoms with Crippen molar-refractivity contribution in [2.45, 2.75) is 55.4 Å². The maximum Gasteiger partial charge on any atom is 0.277 e. The Hall–Kier alpha value is -1.67. The molecule has 4 rings (SSSR count). The third-order valence-electron chi connectivity index (χ3n) is 4.17. The van der Waals surface area contributed by atoms with Crippen LogP contribution >= 0.6 is 23.1 Å². The van der Waals surface area contributed by atoms with Gasteiger partial charge in [-0.2, -0.15) is 0 Å².